The first kappa shape index (κ1) is 18.2. The molecule has 0 aromatic carbocycles. The van der Waals surface area contributed by atoms with Crippen molar-refractivity contribution in [3.8, 4) is 0 Å². The standard InChI is InChI=1S/C14H19NO3.C2H6/c1-3-18-14(17)13(15-11(2)16)10-12-8-6-4-5-7-9-12;1-2/h4-8,13H,3,9-10H2,1-2H3,(H,15,16);1-2H3. The van der Waals surface area contributed by atoms with Crippen LogP contribution in [0.15, 0.2) is 36.0 Å². The Morgan fingerprint density at radius 1 is 1.30 bits per heavy atom. The molecule has 0 heterocycles. The Morgan fingerprint density at radius 3 is 2.60 bits per heavy atom. The van der Waals surface area contributed by atoms with Gasteiger partial charge in [-0.1, -0.05) is 49.8 Å². The van der Waals surface area contributed by atoms with Gasteiger partial charge >= 0.3 is 5.97 Å². The highest BCUT2D eigenvalue weighted by Gasteiger charge is 2.21. The van der Waals surface area contributed by atoms with E-state index in [9.17, 15) is 9.59 Å². The molecule has 1 aliphatic carbocycles. The predicted molar refractivity (Wildman–Crippen MR) is 81.2 cm³/mol. The van der Waals surface area contributed by atoms with E-state index in [0.29, 0.717) is 13.0 Å². The lowest BCUT2D eigenvalue weighted by molar-refractivity contribution is -0.147. The maximum absolute atomic E-state index is 11.7. The molecule has 1 N–H and O–H groups in total. The molecule has 112 valence electrons. The van der Waals surface area contributed by atoms with E-state index in [-0.39, 0.29) is 11.9 Å². The van der Waals surface area contributed by atoms with E-state index in [2.05, 4.69) is 5.32 Å². The molecule has 1 atom stereocenters. The van der Waals surface area contributed by atoms with Crippen molar-refractivity contribution in [3.63, 3.8) is 0 Å². The second-order valence-corrected chi connectivity index (χ2v) is 4.05. The molecule has 0 aromatic heterocycles. The van der Waals surface area contributed by atoms with Crippen molar-refractivity contribution in [1.82, 2.24) is 5.32 Å². The third-order valence-electron chi connectivity index (χ3n) is 2.49. The van der Waals surface area contributed by atoms with Crippen LogP contribution in [0, 0.1) is 0 Å². The molecule has 0 radical (unpaired) electrons. The first-order valence-electron chi connectivity index (χ1n) is 7.08. The zero-order valence-corrected chi connectivity index (χ0v) is 12.8. The number of amides is 1. The van der Waals surface area contributed by atoms with Crippen LogP contribution in [-0.4, -0.2) is 24.5 Å². The quantitative estimate of drug-likeness (QED) is 0.787. The van der Waals surface area contributed by atoms with E-state index < -0.39 is 6.04 Å². The van der Waals surface area contributed by atoms with Gasteiger partial charge in [0.2, 0.25) is 5.91 Å². The molecule has 0 fully saturated rings. The maximum atomic E-state index is 11.7. The molecule has 4 nitrogen and oxygen atoms in total. The number of esters is 1. The molecule has 1 aliphatic rings. The van der Waals surface area contributed by atoms with E-state index in [1.165, 1.54) is 6.92 Å². The zero-order valence-electron chi connectivity index (χ0n) is 12.8. The molecular formula is C16H25NO3. The van der Waals surface area contributed by atoms with Crippen LogP contribution in [0.1, 0.15) is 40.5 Å². The Balaban J connectivity index is 0.00000172. The fraction of sp³-hybridized carbons (Fsp3) is 0.500. The normalized spacial score (nSPS) is 14.3. The summed E-state index contributed by atoms with van der Waals surface area (Å²) in [6.07, 6.45) is 11.1. The average molecular weight is 279 g/mol. The molecular weight excluding hydrogens is 254 g/mol. The molecule has 4 heteroatoms. The highest BCUT2D eigenvalue weighted by molar-refractivity contribution is 5.83. The minimum Gasteiger partial charge on any atom is -0.464 e. The summed E-state index contributed by atoms with van der Waals surface area (Å²) < 4.78 is 4.96. The molecule has 1 rings (SSSR count). The van der Waals surface area contributed by atoms with Crippen LogP contribution < -0.4 is 5.32 Å². The van der Waals surface area contributed by atoms with Gasteiger partial charge in [-0.15, -0.1) is 0 Å². The average Bonchev–Trinajstić information content (AvgIpc) is 2.69. The van der Waals surface area contributed by atoms with Gasteiger partial charge < -0.3 is 10.1 Å². The minimum absolute atomic E-state index is 0.228. The van der Waals surface area contributed by atoms with Crippen molar-refractivity contribution >= 4 is 11.9 Å². The monoisotopic (exact) mass is 279 g/mol. The Kier molecular flexibility index (Phi) is 10.0. The van der Waals surface area contributed by atoms with Crippen molar-refractivity contribution in [2.24, 2.45) is 0 Å². The number of carbonyl (C=O) groups is 2. The molecule has 0 aliphatic heterocycles. The minimum atomic E-state index is -0.603. The molecule has 0 bridgehead atoms. The van der Waals surface area contributed by atoms with Crippen molar-refractivity contribution in [3.05, 3.63) is 36.0 Å². The summed E-state index contributed by atoms with van der Waals surface area (Å²) >= 11 is 0. The van der Waals surface area contributed by atoms with Gasteiger partial charge in [0.1, 0.15) is 6.04 Å². The third-order valence-corrected chi connectivity index (χ3v) is 2.49. The molecule has 0 saturated carbocycles. The van der Waals surface area contributed by atoms with Crippen molar-refractivity contribution in [2.45, 2.75) is 46.6 Å². The Hall–Kier alpha value is -1.84. The summed E-state index contributed by atoms with van der Waals surface area (Å²) in [6.45, 7) is 7.46. The highest BCUT2D eigenvalue weighted by Crippen LogP contribution is 2.14. The largest absolute Gasteiger partial charge is 0.464 e. The summed E-state index contributed by atoms with van der Waals surface area (Å²) in [5, 5.41) is 2.63. The van der Waals surface area contributed by atoms with Crippen LogP contribution in [0.25, 0.3) is 0 Å². The van der Waals surface area contributed by atoms with Gasteiger partial charge in [-0.3, -0.25) is 4.79 Å². The Morgan fingerprint density at radius 2 is 2.00 bits per heavy atom. The lowest BCUT2D eigenvalue weighted by Gasteiger charge is -2.17. The molecule has 0 aromatic rings. The second-order valence-electron chi connectivity index (χ2n) is 4.05. The van der Waals surface area contributed by atoms with Gasteiger partial charge in [0, 0.05) is 6.92 Å². The second kappa shape index (κ2) is 11.0. The number of carbonyl (C=O) groups excluding carboxylic acids is 2. The number of hydrogen-bond acceptors (Lipinski definition) is 3. The van der Waals surface area contributed by atoms with Gasteiger partial charge in [0.25, 0.3) is 0 Å². The van der Waals surface area contributed by atoms with Crippen LogP contribution >= 0.6 is 0 Å². The van der Waals surface area contributed by atoms with E-state index in [0.717, 1.165) is 12.0 Å². The van der Waals surface area contributed by atoms with Gasteiger partial charge in [0.05, 0.1) is 6.61 Å². The van der Waals surface area contributed by atoms with Crippen LogP contribution in [0.2, 0.25) is 0 Å². The predicted octanol–water partition coefficient (Wildman–Crippen LogP) is 2.91. The van der Waals surface area contributed by atoms with Gasteiger partial charge in [0.15, 0.2) is 0 Å². The van der Waals surface area contributed by atoms with E-state index in [4.69, 9.17) is 4.74 Å². The summed E-state index contributed by atoms with van der Waals surface area (Å²) in [5.41, 5.74) is 1.09. The first-order chi connectivity index (χ1) is 9.63. The summed E-state index contributed by atoms with van der Waals surface area (Å²) in [4.78, 5) is 22.8. The number of nitrogens with one attached hydrogen (secondary N) is 1. The first-order valence-corrected chi connectivity index (χ1v) is 7.08. The Bertz CT molecular complexity index is 395. The van der Waals surface area contributed by atoms with E-state index in [1.54, 1.807) is 6.92 Å². The molecule has 1 amide bonds. The lowest BCUT2D eigenvalue weighted by Crippen LogP contribution is -2.41. The molecule has 20 heavy (non-hydrogen) atoms. The zero-order chi connectivity index (χ0) is 15.4. The van der Waals surface area contributed by atoms with Crippen LogP contribution in [0.5, 0.6) is 0 Å². The van der Waals surface area contributed by atoms with Gasteiger partial charge in [-0.2, -0.15) is 0 Å². The summed E-state index contributed by atoms with van der Waals surface area (Å²) in [6, 6.07) is -0.603. The highest BCUT2D eigenvalue weighted by atomic mass is 16.5. The summed E-state index contributed by atoms with van der Waals surface area (Å²) in [7, 11) is 0. The molecule has 0 spiro atoms. The number of hydrogen-bond donors (Lipinski definition) is 1. The number of ether oxygens (including phenoxy) is 1. The van der Waals surface area contributed by atoms with E-state index in [1.807, 2.05) is 44.2 Å². The smallest absolute Gasteiger partial charge is 0.328 e. The van der Waals surface area contributed by atoms with Crippen LogP contribution in [0.4, 0.5) is 0 Å². The summed E-state index contributed by atoms with van der Waals surface area (Å²) in [5.74, 6) is -0.612. The van der Waals surface area contributed by atoms with Crippen molar-refractivity contribution < 1.29 is 14.3 Å². The number of allylic oxidation sites excluding steroid dienone is 5. The SMILES string of the molecule is CC.CCOC(=O)C(CC1=CC=CC=CC1)NC(C)=O. The lowest BCUT2D eigenvalue weighted by atomic mass is 10.0. The van der Waals surface area contributed by atoms with E-state index >= 15 is 0 Å². The molecule has 1 unspecified atom stereocenters. The van der Waals surface area contributed by atoms with Crippen molar-refractivity contribution in [2.75, 3.05) is 6.61 Å². The topological polar surface area (TPSA) is 55.4 Å². The third kappa shape index (κ3) is 7.56. The fourth-order valence-electron chi connectivity index (χ4n) is 1.72. The molecule has 0 saturated heterocycles. The number of rotatable bonds is 5. The fourth-order valence-corrected chi connectivity index (χ4v) is 1.72. The van der Waals surface area contributed by atoms with Crippen molar-refractivity contribution in [1.29, 1.82) is 0 Å². The van der Waals surface area contributed by atoms with Crippen LogP contribution in [0.3, 0.4) is 0 Å². The van der Waals surface area contributed by atoms with Crippen LogP contribution in [-0.2, 0) is 14.3 Å². The van der Waals surface area contributed by atoms with Gasteiger partial charge in [-0.25, -0.2) is 4.79 Å². The maximum Gasteiger partial charge on any atom is 0.328 e. The van der Waals surface area contributed by atoms with Gasteiger partial charge in [-0.05, 0) is 19.8 Å². The Labute approximate surface area is 121 Å².